The smallest absolute Gasteiger partial charge is 0.325 e. The van der Waals surface area contributed by atoms with Crippen molar-refractivity contribution in [1.29, 1.82) is 0 Å². The van der Waals surface area contributed by atoms with Gasteiger partial charge in [0.05, 0.1) is 17.8 Å². The lowest BCUT2D eigenvalue weighted by atomic mass is 10.0. The average Bonchev–Trinajstić information content (AvgIpc) is 2.40. The van der Waals surface area contributed by atoms with E-state index in [1.54, 1.807) is 24.3 Å². The number of rotatable bonds is 2. The molecule has 0 radical (unpaired) electrons. The van der Waals surface area contributed by atoms with Crippen molar-refractivity contribution in [1.82, 2.24) is 4.90 Å². The molecule has 6 nitrogen and oxygen atoms in total. The molecule has 96 valence electrons. The molecule has 1 heterocycles. The highest BCUT2D eigenvalue weighted by molar-refractivity contribution is 5.94. The van der Waals surface area contributed by atoms with Crippen molar-refractivity contribution >= 4 is 5.91 Å². The normalized spacial score (nSPS) is 18.4. The van der Waals surface area contributed by atoms with Crippen LogP contribution in [0.25, 0.3) is 0 Å². The highest BCUT2D eigenvalue weighted by Gasteiger charge is 2.44. The number of aliphatic hydroxyl groups is 1. The van der Waals surface area contributed by atoms with E-state index in [2.05, 4.69) is 0 Å². The first-order chi connectivity index (χ1) is 8.53. The Morgan fingerprint density at radius 3 is 2.33 bits per heavy atom. The van der Waals surface area contributed by atoms with Crippen LogP contribution in [0, 0.1) is 10.1 Å². The Morgan fingerprint density at radius 2 is 1.83 bits per heavy atom. The van der Waals surface area contributed by atoms with Gasteiger partial charge in [0.2, 0.25) is 0 Å². The second kappa shape index (κ2) is 4.73. The van der Waals surface area contributed by atoms with E-state index >= 15 is 0 Å². The molecule has 0 atom stereocenters. The van der Waals surface area contributed by atoms with E-state index < -0.39 is 10.6 Å². The number of carbonyl (C=O) groups is 1. The zero-order valence-corrected chi connectivity index (χ0v) is 9.78. The van der Waals surface area contributed by atoms with Gasteiger partial charge in [-0.15, -0.1) is 0 Å². The zero-order chi connectivity index (χ0) is 13.2. The fourth-order valence-electron chi connectivity index (χ4n) is 2.01. The fraction of sp³-hybridized carbons (Fsp3) is 0.417. The van der Waals surface area contributed by atoms with Crippen LogP contribution in [0.2, 0.25) is 0 Å². The van der Waals surface area contributed by atoms with Crippen LogP contribution in [0.4, 0.5) is 0 Å². The number of amides is 1. The summed E-state index contributed by atoms with van der Waals surface area (Å²) in [7, 11) is 0. The highest BCUT2D eigenvalue weighted by atomic mass is 16.7. The van der Waals surface area contributed by atoms with Crippen molar-refractivity contribution in [2.24, 2.45) is 0 Å². The predicted molar refractivity (Wildman–Crippen MR) is 63.5 cm³/mol. The summed E-state index contributed by atoms with van der Waals surface area (Å²) in [5.74, 6) is -0.152. The summed E-state index contributed by atoms with van der Waals surface area (Å²) >= 11 is 0. The first-order valence-electron chi connectivity index (χ1n) is 5.74. The minimum Gasteiger partial charge on any atom is -0.338 e. The van der Waals surface area contributed by atoms with Gasteiger partial charge in [0, 0.05) is 18.7 Å². The van der Waals surface area contributed by atoms with Crippen molar-refractivity contribution in [2.75, 3.05) is 13.1 Å². The number of hydrogen-bond donors (Lipinski definition) is 1. The third-order valence-corrected chi connectivity index (χ3v) is 3.21. The summed E-state index contributed by atoms with van der Waals surface area (Å²) in [6.45, 7) is 0.399. The SMILES string of the molecule is O=C(c1ccccc1)N1CCC(O)([N+](=O)[O-])CC1. The van der Waals surface area contributed by atoms with Crippen molar-refractivity contribution in [3.05, 3.63) is 46.0 Å². The van der Waals surface area contributed by atoms with Crippen LogP contribution in [-0.4, -0.2) is 39.7 Å². The number of carbonyl (C=O) groups excluding carboxylic acids is 1. The van der Waals surface area contributed by atoms with Crippen LogP contribution in [0.15, 0.2) is 30.3 Å². The maximum Gasteiger partial charge on any atom is 0.325 e. The molecule has 1 fully saturated rings. The molecule has 0 unspecified atom stereocenters. The van der Waals surface area contributed by atoms with Crippen LogP contribution in [-0.2, 0) is 0 Å². The van der Waals surface area contributed by atoms with E-state index in [0.29, 0.717) is 5.56 Å². The molecule has 2 rings (SSSR count). The molecule has 0 bridgehead atoms. The summed E-state index contributed by atoms with van der Waals surface area (Å²) in [6, 6.07) is 8.76. The van der Waals surface area contributed by atoms with Crippen molar-refractivity contribution in [2.45, 2.75) is 18.6 Å². The first kappa shape index (κ1) is 12.5. The molecule has 1 amide bonds. The third kappa shape index (κ3) is 2.33. The molecular weight excluding hydrogens is 236 g/mol. The molecule has 1 N–H and O–H groups in total. The lowest BCUT2D eigenvalue weighted by Crippen LogP contribution is -2.50. The monoisotopic (exact) mass is 250 g/mol. The molecule has 0 aliphatic carbocycles. The average molecular weight is 250 g/mol. The van der Waals surface area contributed by atoms with Crippen LogP contribution in [0.1, 0.15) is 23.2 Å². The van der Waals surface area contributed by atoms with Crippen molar-refractivity contribution in [3.8, 4) is 0 Å². The van der Waals surface area contributed by atoms with Gasteiger partial charge in [0.25, 0.3) is 5.91 Å². The van der Waals surface area contributed by atoms with E-state index in [1.165, 1.54) is 4.90 Å². The second-order valence-corrected chi connectivity index (χ2v) is 4.40. The Labute approximate surface area is 104 Å². The highest BCUT2D eigenvalue weighted by Crippen LogP contribution is 2.23. The molecule has 1 aromatic carbocycles. The van der Waals surface area contributed by atoms with Gasteiger partial charge in [-0.1, -0.05) is 18.2 Å². The number of hydrogen-bond acceptors (Lipinski definition) is 4. The standard InChI is InChI=1S/C12H14N2O4/c15-11(10-4-2-1-3-5-10)13-8-6-12(16,7-9-13)14(17)18/h1-5,16H,6-9H2. The van der Waals surface area contributed by atoms with Crippen LogP contribution in [0.5, 0.6) is 0 Å². The molecule has 0 spiro atoms. The fourth-order valence-corrected chi connectivity index (χ4v) is 2.01. The summed E-state index contributed by atoms with van der Waals surface area (Å²) in [4.78, 5) is 23.6. The lowest BCUT2D eigenvalue weighted by Gasteiger charge is -2.32. The van der Waals surface area contributed by atoms with E-state index in [1.807, 2.05) is 6.07 Å². The Bertz CT molecular complexity index is 452. The van der Waals surface area contributed by atoms with Gasteiger partial charge >= 0.3 is 5.72 Å². The molecule has 1 aliphatic heterocycles. The van der Waals surface area contributed by atoms with Gasteiger partial charge in [-0.2, -0.15) is 0 Å². The second-order valence-electron chi connectivity index (χ2n) is 4.40. The number of benzene rings is 1. The maximum atomic E-state index is 12.1. The molecule has 18 heavy (non-hydrogen) atoms. The van der Waals surface area contributed by atoms with E-state index in [9.17, 15) is 20.0 Å². The van der Waals surface area contributed by atoms with E-state index in [-0.39, 0.29) is 31.8 Å². The Balaban J connectivity index is 2.03. The summed E-state index contributed by atoms with van der Waals surface area (Å²) < 4.78 is 0. The van der Waals surface area contributed by atoms with Crippen molar-refractivity contribution < 1.29 is 14.8 Å². The number of likely N-dealkylation sites (tertiary alicyclic amines) is 1. The van der Waals surface area contributed by atoms with Gasteiger partial charge in [-0.3, -0.25) is 14.9 Å². The minimum absolute atomic E-state index is 0.0292. The minimum atomic E-state index is -1.88. The molecule has 1 aliphatic rings. The molecule has 6 heteroatoms. The molecule has 0 saturated carbocycles. The largest absolute Gasteiger partial charge is 0.338 e. The topological polar surface area (TPSA) is 83.7 Å². The molecular formula is C12H14N2O4. The van der Waals surface area contributed by atoms with Crippen LogP contribution < -0.4 is 0 Å². The summed E-state index contributed by atoms with van der Waals surface area (Å²) in [5.41, 5.74) is -1.32. The predicted octanol–water partition coefficient (Wildman–Crippen LogP) is 0.888. The van der Waals surface area contributed by atoms with Crippen LogP contribution in [0.3, 0.4) is 0 Å². The van der Waals surface area contributed by atoms with Gasteiger partial charge in [0.15, 0.2) is 0 Å². The molecule has 0 aromatic heterocycles. The number of piperidine rings is 1. The van der Waals surface area contributed by atoms with Gasteiger partial charge in [-0.05, 0) is 12.1 Å². The lowest BCUT2D eigenvalue weighted by molar-refractivity contribution is -0.629. The maximum absolute atomic E-state index is 12.1. The van der Waals surface area contributed by atoms with E-state index in [0.717, 1.165) is 0 Å². The number of nitro groups is 1. The third-order valence-electron chi connectivity index (χ3n) is 3.21. The number of nitrogens with zero attached hydrogens (tertiary/aromatic N) is 2. The molecule has 1 saturated heterocycles. The Kier molecular flexibility index (Phi) is 3.29. The molecule has 1 aromatic rings. The summed E-state index contributed by atoms with van der Waals surface area (Å²) in [6.07, 6.45) is -0.0584. The Morgan fingerprint density at radius 1 is 1.28 bits per heavy atom. The zero-order valence-electron chi connectivity index (χ0n) is 9.78. The van der Waals surface area contributed by atoms with E-state index in [4.69, 9.17) is 0 Å². The van der Waals surface area contributed by atoms with Gasteiger partial charge in [-0.25, -0.2) is 0 Å². The Hall–Kier alpha value is -1.95. The van der Waals surface area contributed by atoms with Gasteiger partial charge < -0.3 is 10.0 Å². The van der Waals surface area contributed by atoms with Gasteiger partial charge in [0.1, 0.15) is 0 Å². The first-order valence-corrected chi connectivity index (χ1v) is 5.74. The summed E-state index contributed by atoms with van der Waals surface area (Å²) in [5, 5.41) is 20.4. The van der Waals surface area contributed by atoms with Crippen LogP contribution >= 0.6 is 0 Å². The quantitative estimate of drug-likeness (QED) is 0.480. The van der Waals surface area contributed by atoms with Crippen molar-refractivity contribution in [3.63, 3.8) is 0 Å².